The maximum atomic E-state index is 13.0. The van der Waals surface area contributed by atoms with Crippen LogP contribution in [0.5, 0.6) is 0 Å². The molecule has 3 N–H and O–H groups in total. The lowest BCUT2D eigenvalue weighted by molar-refractivity contribution is 0.163. The van der Waals surface area contributed by atoms with E-state index in [-0.39, 0.29) is 18.0 Å². The number of nitrogens with one attached hydrogen (secondary N) is 3. The molecule has 0 saturated carbocycles. The second-order valence-electron chi connectivity index (χ2n) is 7.70. The van der Waals surface area contributed by atoms with Gasteiger partial charge in [0.15, 0.2) is 0 Å². The van der Waals surface area contributed by atoms with Gasteiger partial charge in [-0.2, -0.15) is 0 Å². The van der Waals surface area contributed by atoms with Gasteiger partial charge in [0.05, 0.1) is 12.1 Å². The lowest BCUT2D eigenvalue weighted by Crippen LogP contribution is -2.15. The molecule has 33 heavy (non-hydrogen) atoms. The number of carbonyl (C=O) groups excluding carboxylic acids is 1. The molecule has 0 unspecified atom stereocenters. The number of hydrogen-bond donors (Lipinski definition) is 3. The highest BCUT2D eigenvalue weighted by Gasteiger charge is 2.12. The number of pyridine rings is 1. The largest absolute Gasteiger partial charge is 0.449 e. The number of ether oxygens (including phenoxy) is 1. The molecular weight excluding hydrogens is 421 g/mol. The number of H-pyrrole nitrogens is 2. The summed E-state index contributed by atoms with van der Waals surface area (Å²) in [6, 6.07) is 21.0. The second-order valence-corrected chi connectivity index (χ2v) is 7.70. The van der Waals surface area contributed by atoms with E-state index < -0.39 is 6.09 Å². The van der Waals surface area contributed by atoms with Crippen LogP contribution >= 0.6 is 0 Å². The number of aromatic amines is 2. The van der Waals surface area contributed by atoms with Crippen LogP contribution < -0.4 is 10.9 Å². The summed E-state index contributed by atoms with van der Waals surface area (Å²) in [5.41, 5.74) is 4.13. The third-order valence-electron chi connectivity index (χ3n) is 5.51. The number of para-hydroxylation sites is 1. The van der Waals surface area contributed by atoms with Gasteiger partial charge in [0.25, 0.3) is 5.56 Å². The number of anilines is 1. The predicted molar refractivity (Wildman–Crippen MR) is 127 cm³/mol. The van der Waals surface area contributed by atoms with Crippen LogP contribution in [0, 0.1) is 5.82 Å². The molecule has 0 aliphatic rings. The van der Waals surface area contributed by atoms with Crippen LogP contribution in [0.4, 0.5) is 14.9 Å². The Kier molecular flexibility index (Phi) is 5.36. The fourth-order valence-electron chi connectivity index (χ4n) is 3.84. The quantitative estimate of drug-likeness (QED) is 0.331. The third-order valence-corrected chi connectivity index (χ3v) is 5.51. The Balaban J connectivity index is 1.30. The molecule has 2 heterocycles. The first-order valence-corrected chi connectivity index (χ1v) is 10.5. The van der Waals surface area contributed by atoms with E-state index in [4.69, 9.17) is 4.74 Å². The highest BCUT2D eigenvalue weighted by atomic mass is 19.1. The Morgan fingerprint density at radius 2 is 1.76 bits per heavy atom. The molecule has 0 aliphatic carbocycles. The molecule has 0 spiro atoms. The number of halogens is 1. The van der Waals surface area contributed by atoms with Crippen molar-refractivity contribution in [3.05, 3.63) is 101 Å². The van der Waals surface area contributed by atoms with E-state index in [1.165, 1.54) is 12.1 Å². The van der Waals surface area contributed by atoms with Crippen LogP contribution in [0.1, 0.15) is 5.56 Å². The van der Waals surface area contributed by atoms with E-state index in [0.717, 1.165) is 27.4 Å². The van der Waals surface area contributed by atoms with Gasteiger partial charge < -0.3 is 14.7 Å². The molecule has 164 valence electrons. The van der Waals surface area contributed by atoms with Crippen molar-refractivity contribution in [3.8, 4) is 11.1 Å². The summed E-state index contributed by atoms with van der Waals surface area (Å²) in [6.07, 6.45) is 1.71. The number of rotatable bonds is 5. The van der Waals surface area contributed by atoms with Crippen molar-refractivity contribution in [2.24, 2.45) is 0 Å². The molecule has 0 fully saturated rings. The Labute approximate surface area is 188 Å². The standard InChI is InChI=1S/C26H20FN3O3/c27-18-8-5-16(6-9-18)11-12-33-26(32)29-19-10-7-17-13-21(25(31)30-24(17)14-19)22-15-28-23-4-2-1-3-20(22)23/h1-10,13-15,28H,11-12H2,(H,29,32)(H,30,31). The van der Waals surface area contributed by atoms with Gasteiger partial charge in [-0.15, -0.1) is 0 Å². The van der Waals surface area contributed by atoms with E-state index in [9.17, 15) is 14.0 Å². The molecule has 0 atom stereocenters. The molecule has 0 radical (unpaired) electrons. The maximum absolute atomic E-state index is 13.0. The summed E-state index contributed by atoms with van der Waals surface area (Å²) >= 11 is 0. The van der Waals surface area contributed by atoms with Crippen LogP contribution in [0.3, 0.4) is 0 Å². The van der Waals surface area contributed by atoms with E-state index in [1.54, 1.807) is 24.3 Å². The number of fused-ring (bicyclic) bond motifs is 2. The minimum absolute atomic E-state index is 0.163. The SMILES string of the molecule is O=C(Nc1ccc2cc(-c3c[nH]c4ccccc34)c(=O)[nH]c2c1)OCCc1ccc(F)cc1. The highest BCUT2D eigenvalue weighted by Crippen LogP contribution is 2.28. The average Bonchev–Trinajstić information content (AvgIpc) is 3.24. The Hall–Kier alpha value is -4.39. The van der Waals surface area contributed by atoms with Gasteiger partial charge in [-0.05, 0) is 47.3 Å². The van der Waals surface area contributed by atoms with Crippen LogP contribution in [-0.2, 0) is 11.2 Å². The minimum Gasteiger partial charge on any atom is -0.449 e. The number of carbonyl (C=O) groups is 1. The molecule has 2 aromatic heterocycles. The topological polar surface area (TPSA) is 87.0 Å². The highest BCUT2D eigenvalue weighted by molar-refractivity contribution is 5.98. The molecule has 5 rings (SSSR count). The van der Waals surface area contributed by atoms with Crippen molar-refractivity contribution in [2.75, 3.05) is 11.9 Å². The molecule has 1 amide bonds. The van der Waals surface area contributed by atoms with Gasteiger partial charge in [0, 0.05) is 40.3 Å². The first-order valence-electron chi connectivity index (χ1n) is 10.5. The average molecular weight is 441 g/mol. The molecule has 0 saturated heterocycles. The predicted octanol–water partition coefficient (Wildman–Crippen LogP) is 5.61. The number of aromatic nitrogens is 2. The maximum Gasteiger partial charge on any atom is 0.411 e. The van der Waals surface area contributed by atoms with Crippen molar-refractivity contribution in [1.29, 1.82) is 0 Å². The van der Waals surface area contributed by atoms with E-state index in [0.29, 0.717) is 23.2 Å². The van der Waals surface area contributed by atoms with E-state index in [2.05, 4.69) is 15.3 Å². The molecule has 0 bridgehead atoms. The van der Waals surface area contributed by atoms with Gasteiger partial charge in [0.1, 0.15) is 5.82 Å². The zero-order valence-electron chi connectivity index (χ0n) is 17.5. The van der Waals surface area contributed by atoms with Crippen LogP contribution in [0.15, 0.2) is 83.8 Å². The summed E-state index contributed by atoms with van der Waals surface area (Å²) in [5, 5.41) is 4.48. The molecular formula is C26H20FN3O3. The van der Waals surface area contributed by atoms with Crippen LogP contribution in [0.2, 0.25) is 0 Å². The lowest BCUT2D eigenvalue weighted by atomic mass is 10.0. The second kappa shape index (κ2) is 8.63. The normalized spacial score (nSPS) is 11.1. The van der Waals surface area contributed by atoms with Gasteiger partial charge in [-0.3, -0.25) is 10.1 Å². The Morgan fingerprint density at radius 1 is 0.939 bits per heavy atom. The zero-order chi connectivity index (χ0) is 22.8. The first kappa shape index (κ1) is 20.5. The zero-order valence-corrected chi connectivity index (χ0v) is 17.5. The molecule has 6 nitrogen and oxygen atoms in total. The molecule has 5 aromatic rings. The summed E-state index contributed by atoms with van der Waals surface area (Å²) in [6.45, 7) is 0.163. The fourth-order valence-corrected chi connectivity index (χ4v) is 3.84. The fraction of sp³-hybridized carbons (Fsp3) is 0.0769. The van der Waals surface area contributed by atoms with Crippen molar-refractivity contribution in [2.45, 2.75) is 6.42 Å². The Bertz CT molecular complexity index is 1520. The third kappa shape index (κ3) is 4.34. The summed E-state index contributed by atoms with van der Waals surface area (Å²) in [4.78, 5) is 31.0. The summed E-state index contributed by atoms with van der Waals surface area (Å²) < 4.78 is 18.2. The van der Waals surface area contributed by atoms with E-state index in [1.807, 2.05) is 42.6 Å². The van der Waals surface area contributed by atoms with Crippen LogP contribution in [0.25, 0.3) is 32.9 Å². The monoisotopic (exact) mass is 441 g/mol. The van der Waals surface area contributed by atoms with Crippen molar-refractivity contribution < 1.29 is 13.9 Å². The number of benzene rings is 3. The number of hydrogen-bond acceptors (Lipinski definition) is 3. The van der Waals surface area contributed by atoms with Crippen LogP contribution in [-0.4, -0.2) is 22.7 Å². The smallest absolute Gasteiger partial charge is 0.411 e. The summed E-state index contributed by atoms with van der Waals surface area (Å²) in [5.74, 6) is -0.305. The lowest BCUT2D eigenvalue weighted by Gasteiger charge is -2.09. The Morgan fingerprint density at radius 3 is 2.61 bits per heavy atom. The molecule has 7 heteroatoms. The van der Waals surface area contributed by atoms with Crippen molar-refractivity contribution in [3.63, 3.8) is 0 Å². The number of amides is 1. The van der Waals surface area contributed by atoms with Gasteiger partial charge in [-0.1, -0.05) is 36.4 Å². The van der Waals surface area contributed by atoms with Gasteiger partial charge >= 0.3 is 6.09 Å². The minimum atomic E-state index is -0.603. The van der Waals surface area contributed by atoms with Crippen molar-refractivity contribution >= 4 is 33.6 Å². The molecule has 3 aromatic carbocycles. The molecule has 0 aliphatic heterocycles. The first-order chi connectivity index (χ1) is 16.1. The summed E-state index contributed by atoms with van der Waals surface area (Å²) in [7, 11) is 0. The van der Waals surface area contributed by atoms with Gasteiger partial charge in [0.2, 0.25) is 0 Å². The van der Waals surface area contributed by atoms with E-state index >= 15 is 0 Å². The van der Waals surface area contributed by atoms with Gasteiger partial charge in [-0.25, -0.2) is 9.18 Å². The van der Waals surface area contributed by atoms with Crippen molar-refractivity contribution in [1.82, 2.24) is 9.97 Å².